The Morgan fingerprint density at radius 1 is 0.810 bits per heavy atom. The van der Waals surface area contributed by atoms with Gasteiger partial charge in [0.2, 0.25) is 15.2 Å². The molecule has 4 aromatic carbocycles. The lowest BCUT2D eigenvalue weighted by atomic mass is 10.0. The zero-order valence-corrected chi connectivity index (χ0v) is 23.6. The molecule has 0 aliphatic heterocycles. The fraction of sp³-hybridized carbons (Fsp3) is 0.0333. The van der Waals surface area contributed by atoms with Crippen molar-refractivity contribution in [3.63, 3.8) is 0 Å². The number of benzene rings is 4. The smallest absolute Gasteiger partial charge is 0.238 e. The highest BCUT2D eigenvalue weighted by Crippen LogP contribution is 2.31. The molecule has 0 amide bonds. The summed E-state index contributed by atoms with van der Waals surface area (Å²) in [6.07, 6.45) is 0. The SMILES string of the molecule is NS(=O)(=O)c1ccc(-n2nnc(-c3nc(SCC(=O)c4ccc(-c5ccccc5)cc4)n[nH]3)c2-c2ccccc2)cc1. The van der Waals surface area contributed by atoms with E-state index in [2.05, 4.69) is 25.5 Å². The van der Waals surface area contributed by atoms with E-state index in [0.29, 0.717) is 33.6 Å². The van der Waals surface area contributed by atoms with Crippen LogP contribution in [0.3, 0.4) is 0 Å². The van der Waals surface area contributed by atoms with Gasteiger partial charge < -0.3 is 0 Å². The molecule has 6 rings (SSSR count). The van der Waals surface area contributed by atoms with Crippen LogP contribution < -0.4 is 5.14 Å². The molecule has 0 fully saturated rings. The van der Waals surface area contributed by atoms with Crippen LogP contribution in [0.25, 0.3) is 39.6 Å². The highest BCUT2D eigenvalue weighted by Gasteiger charge is 2.22. The number of carbonyl (C=O) groups excluding carboxylic acids is 1. The molecule has 2 aromatic heterocycles. The molecule has 10 nitrogen and oxygen atoms in total. The fourth-order valence-electron chi connectivity index (χ4n) is 4.36. The van der Waals surface area contributed by atoms with Crippen molar-refractivity contribution < 1.29 is 13.2 Å². The molecule has 0 aliphatic rings. The number of H-pyrrole nitrogens is 1. The third-order valence-electron chi connectivity index (χ3n) is 6.46. The van der Waals surface area contributed by atoms with Gasteiger partial charge in [-0.1, -0.05) is 102 Å². The highest BCUT2D eigenvalue weighted by atomic mass is 32.2. The Morgan fingerprint density at radius 2 is 1.43 bits per heavy atom. The minimum atomic E-state index is -3.84. The van der Waals surface area contributed by atoms with Crippen LogP contribution in [-0.2, 0) is 10.0 Å². The summed E-state index contributed by atoms with van der Waals surface area (Å²) in [6, 6.07) is 33.0. The number of primary sulfonamides is 1. The van der Waals surface area contributed by atoms with Gasteiger partial charge in [-0.25, -0.2) is 18.2 Å². The van der Waals surface area contributed by atoms with E-state index in [9.17, 15) is 13.2 Å². The summed E-state index contributed by atoms with van der Waals surface area (Å²) in [5.74, 6) is 0.504. The molecule has 2 heterocycles. The van der Waals surface area contributed by atoms with Crippen molar-refractivity contribution in [1.29, 1.82) is 0 Å². The maximum absolute atomic E-state index is 12.9. The molecular weight excluding hydrogens is 571 g/mol. The van der Waals surface area contributed by atoms with Gasteiger partial charge in [0, 0.05) is 11.1 Å². The molecule has 42 heavy (non-hydrogen) atoms. The summed E-state index contributed by atoms with van der Waals surface area (Å²) in [5.41, 5.74) is 5.21. The van der Waals surface area contributed by atoms with Crippen LogP contribution >= 0.6 is 11.8 Å². The standard InChI is InChI=1S/C30H23N7O3S2/c31-42(39,40)25-17-15-24(16-18-25)37-28(23-9-5-2-6-10-23)27(33-36-37)29-32-30(35-34-29)41-19-26(38)22-13-11-21(12-14-22)20-7-3-1-4-8-20/h1-18H,19H2,(H2,31,39,40)(H,32,34,35). The molecule has 0 bridgehead atoms. The van der Waals surface area contributed by atoms with E-state index >= 15 is 0 Å². The van der Waals surface area contributed by atoms with Crippen molar-refractivity contribution in [1.82, 2.24) is 30.2 Å². The lowest BCUT2D eigenvalue weighted by Crippen LogP contribution is -2.12. The second kappa shape index (κ2) is 11.5. The van der Waals surface area contributed by atoms with Crippen molar-refractivity contribution in [3.8, 4) is 39.6 Å². The third kappa shape index (κ3) is 5.77. The first-order chi connectivity index (χ1) is 20.4. The quantitative estimate of drug-likeness (QED) is 0.176. The Balaban J connectivity index is 1.23. The van der Waals surface area contributed by atoms with Crippen molar-refractivity contribution >= 4 is 27.6 Å². The second-order valence-corrected chi connectivity index (χ2v) is 11.7. The van der Waals surface area contributed by atoms with Gasteiger partial charge in [0.1, 0.15) is 5.69 Å². The van der Waals surface area contributed by atoms with E-state index in [4.69, 9.17) is 5.14 Å². The van der Waals surface area contributed by atoms with Crippen LogP contribution in [-0.4, -0.2) is 50.1 Å². The largest absolute Gasteiger partial charge is 0.293 e. The number of hydrogen-bond acceptors (Lipinski definition) is 8. The van der Waals surface area contributed by atoms with E-state index in [1.54, 1.807) is 16.8 Å². The number of carbonyl (C=O) groups is 1. The van der Waals surface area contributed by atoms with Gasteiger partial charge in [0.15, 0.2) is 17.3 Å². The molecule has 3 N–H and O–H groups in total. The number of ketones is 1. The van der Waals surface area contributed by atoms with E-state index in [0.717, 1.165) is 16.7 Å². The van der Waals surface area contributed by atoms with Gasteiger partial charge in [-0.05, 0) is 35.4 Å². The van der Waals surface area contributed by atoms with Gasteiger partial charge in [-0.2, -0.15) is 4.98 Å². The molecule has 6 aromatic rings. The molecule has 0 spiro atoms. The molecule has 0 aliphatic carbocycles. The first-order valence-electron chi connectivity index (χ1n) is 12.8. The van der Waals surface area contributed by atoms with Crippen molar-refractivity contribution in [2.24, 2.45) is 5.14 Å². The topological polar surface area (TPSA) is 150 Å². The van der Waals surface area contributed by atoms with Crippen LogP contribution in [0.5, 0.6) is 0 Å². The third-order valence-corrected chi connectivity index (χ3v) is 8.24. The minimum absolute atomic E-state index is 0.00793. The molecule has 208 valence electrons. The second-order valence-electron chi connectivity index (χ2n) is 9.23. The number of aromatic nitrogens is 6. The number of aromatic amines is 1. The number of thioether (sulfide) groups is 1. The molecule has 0 unspecified atom stereocenters. The Labute approximate surface area is 245 Å². The molecule has 0 radical (unpaired) electrons. The molecule has 0 saturated carbocycles. The number of nitrogens with two attached hydrogens (primary N) is 1. The normalized spacial score (nSPS) is 11.5. The maximum Gasteiger partial charge on any atom is 0.238 e. The van der Waals surface area contributed by atoms with E-state index in [1.165, 1.54) is 23.9 Å². The first kappa shape index (κ1) is 27.3. The van der Waals surface area contributed by atoms with E-state index < -0.39 is 10.0 Å². The van der Waals surface area contributed by atoms with Crippen LogP contribution in [0.1, 0.15) is 10.4 Å². The maximum atomic E-state index is 12.9. The number of hydrogen-bond donors (Lipinski definition) is 2. The Morgan fingerprint density at radius 3 is 2.07 bits per heavy atom. The summed E-state index contributed by atoms with van der Waals surface area (Å²) in [7, 11) is -3.84. The van der Waals surface area contributed by atoms with Gasteiger partial charge in [-0.3, -0.25) is 9.89 Å². The molecule has 0 saturated heterocycles. The predicted octanol–water partition coefficient (Wildman–Crippen LogP) is 5.01. The lowest BCUT2D eigenvalue weighted by molar-refractivity contribution is 0.102. The van der Waals surface area contributed by atoms with Crippen molar-refractivity contribution in [2.75, 3.05) is 5.75 Å². The van der Waals surface area contributed by atoms with Gasteiger partial charge in [0.25, 0.3) is 0 Å². The van der Waals surface area contributed by atoms with Crippen molar-refractivity contribution in [2.45, 2.75) is 10.1 Å². The minimum Gasteiger partial charge on any atom is -0.293 e. The number of rotatable bonds is 9. The number of nitrogens with zero attached hydrogens (tertiary/aromatic N) is 5. The summed E-state index contributed by atoms with van der Waals surface area (Å²) in [5, 5.41) is 21.5. The average Bonchev–Trinajstić information content (AvgIpc) is 3.68. The zero-order valence-electron chi connectivity index (χ0n) is 22.0. The van der Waals surface area contributed by atoms with Crippen LogP contribution in [0.4, 0.5) is 0 Å². The number of sulfonamides is 1. The number of nitrogens with one attached hydrogen (secondary N) is 1. The summed E-state index contributed by atoms with van der Waals surface area (Å²) in [4.78, 5) is 17.4. The van der Waals surface area contributed by atoms with Crippen LogP contribution in [0.2, 0.25) is 0 Å². The Hall–Kier alpha value is -4.91. The molecule has 0 atom stereocenters. The Bertz CT molecular complexity index is 1960. The first-order valence-corrected chi connectivity index (χ1v) is 15.3. The van der Waals surface area contributed by atoms with E-state index in [-0.39, 0.29) is 16.4 Å². The summed E-state index contributed by atoms with van der Waals surface area (Å²) < 4.78 is 25.0. The summed E-state index contributed by atoms with van der Waals surface area (Å²) >= 11 is 1.22. The molecular formula is C30H23N7O3S2. The van der Waals surface area contributed by atoms with Crippen LogP contribution in [0, 0.1) is 0 Å². The highest BCUT2D eigenvalue weighted by molar-refractivity contribution is 7.99. The average molecular weight is 594 g/mol. The predicted molar refractivity (Wildman–Crippen MR) is 160 cm³/mol. The summed E-state index contributed by atoms with van der Waals surface area (Å²) in [6.45, 7) is 0. The van der Waals surface area contributed by atoms with E-state index in [1.807, 2.05) is 84.9 Å². The lowest BCUT2D eigenvalue weighted by Gasteiger charge is -2.08. The fourth-order valence-corrected chi connectivity index (χ4v) is 5.57. The Kier molecular flexibility index (Phi) is 7.48. The van der Waals surface area contributed by atoms with Gasteiger partial charge in [-0.15, -0.1) is 10.2 Å². The number of Topliss-reactive ketones (excluding diaryl/α,β-unsaturated/α-hetero) is 1. The van der Waals surface area contributed by atoms with Crippen molar-refractivity contribution in [3.05, 3.63) is 115 Å². The van der Waals surface area contributed by atoms with Gasteiger partial charge >= 0.3 is 0 Å². The zero-order chi connectivity index (χ0) is 29.1. The molecule has 12 heteroatoms. The van der Waals surface area contributed by atoms with Crippen LogP contribution in [0.15, 0.2) is 119 Å². The monoisotopic (exact) mass is 593 g/mol. The van der Waals surface area contributed by atoms with Gasteiger partial charge in [0.05, 0.1) is 16.3 Å².